The van der Waals surface area contributed by atoms with Gasteiger partial charge in [0.25, 0.3) is 0 Å². The van der Waals surface area contributed by atoms with Gasteiger partial charge in [-0.25, -0.2) is 4.98 Å². The second-order valence-electron chi connectivity index (χ2n) is 9.84. The third-order valence-electron chi connectivity index (χ3n) is 7.66. The highest BCUT2D eigenvalue weighted by Crippen LogP contribution is 2.38. The normalized spacial score (nSPS) is 29.4. The maximum Gasteiger partial charge on any atom is 0.230 e. The number of anilines is 1. The Morgan fingerprint density at radius 2 is 2.00 bits per heavy atom. The smallest absolute Gasteiger partial charge is 0.230 e. The molecule has 8 heteroatoms. The Balaban J connectivity index is 1.30. The Bertz CT molecular complexity index is 1020. The predicted molar refractivity (Wildman–Crippen MR) is 128 cm³/mol. The lowest BCUT2D eigenvalue weighted by atomic mass is 9.85. The van der Waals surface area contributed by atoms with E-state index in [9.17, 15) is 9.90 Å². The molecule has 2 aromatic rings. The van der Waals surface area contributed by atoms with Crippen LogP contribution >= 0.6 is 11.6 Å². The van der Waals surface area contributed by atoms with Gasteiger partial charge < -0.3 is 19.9 Å². The van der Waals surface area contributed by atoms with E-state index in [0.29, 0.717) is 31.6 Å². The van der Waals surface area contributed by atoms with Gasteiger partial charge in [0.2, 0.25) is 5.91 Å². The molecule has 7 nitrogen and oxygen atoms in total. The van der Waals surface area contributed by atoms with Crippen LogP contribution in [0.25, 0.3) is 10.8 Å². The number of amides is 1. The summed E-state index contributed by atoms with van der Waals surface area (Å²) in [6, 6.07) is 6.05. The van der Waals surface area contributed by atoms with Gasteiger partial charge in [0, 0.05) is 23.2 Å². The van der Waals surface area contributed by atoms with Crippen LogP contribution < -0.4 is 5.32 Å². The third-order valence-corrected chi connectivity index (χ3v) is 7.99. The summed E-state index contributed by atoms with van der Waals surface area (Å²) in [5.74, 6) is 0.763. The molecule has 2 N–H and O–H groups in total. The molecule has 0 bridgehead atoms. The molecule has 0 aliphatic carbocycles. The number of nitrogens with one attached hydrogen (secondary N) is 1. The molecule has 1 aromatic carbocycles. The van der Waals surface area contributed by atoms with Gasteiger partial charge in [-0.1, -0.05) is 11.6 Å². The van der Waals surface area contributed by atoms with Gasteiger partial charge in [0.05, 0.1) is 37.4 Å². The van der Waals surface area contributed by atoms with Gasteiger partial charge in [-0.3, -0.25) is 9.69 Å². The van der Waals surface area contributed by atoms with Gasteiger partial charge in [-0.15, -0.1) is 0 Å². The fourth-order valence-electron chi connectivity index (χ4n) is 5.40. The lowest BCUT2D eigenvalue weighted by Crippen LogP contribution is -2.56. The first-order chi connectivity index (χ1) is 15.9. The van der Waals surface area contributed by atoms with E-state index in [4.69, 9.17) is 21.1 Å². The molecule has 3 fully saturated rings. The lowest BCUT2D eigenvalue weighted by molar-refractivity contribution is -0.123. The van der Waals surface area contributed by atoms with Crippen molar-refractivity contribution >= 4 is 34.1 Å². The number of fused-ring (bicyclic) bond motifs is 1. The van der Waals surface area contributed by atoms with Crippen molar-refractivity contribution in [2.45, 2.75) is 50.2 Å². The van der Waals surface area contributed by atoms with E-state index in [1.165, 1.54) is 0 Å². The van der Waals surface area contributed by atoms with Crippen molar-refractivity contribution in [3.8, 4) is 0 Å². The van der Waals surface area contributed by atoms with Crippen LogP contribution in [-0.4, -0.2) is 72.1 Å². The first kappa shape index (κ1) is 23.0. The summed E-state index contributed by atoms with van der Waals surface area (Å²) < 4.78 is 11.0. The fraction of sp³-hybridized carbons (Fsp3) is 0.600. The van der Waals surface area contributed by atoms with E-state index in [-0.39, 0.29) is 17.4 Å². The standard InChI is InChI=1S/C25H32ClN3O4/c1-25(15-33-14-22(25)30)29-6-4-16(5-7-29)20-9-18-11-23(27-12-19(18)10-21(20)26)28-24(31)17-3-2-8-32-13-17/h9-12,16-17,22,30H,2-8,13-15H2,1H3,(H,27,28,31)/t17-,22-,25+/m1/s1. The number of pyridine rings is 1. The minimum absolute atomic E-state index is 0.0327. The van der Waals surface area contributed by atoms with E-state index in [0.717, 1.165) is 66.7 Å². The minimum Gasteiger partial charge on any atom is -0.389 e. The van der Waals surface area contributed by atoms with Crippen LogP contribution in [0.5, 0.6) is 0 Å². The number of nitrogens with zero attached hydrogens (tertiary/aromatic N) is 2. The Hall–Kier alpha value is -1.77. The van der Waals surface area contributed by atoms with Crippen molar-refractivity contribution in [2.75, 3.05) is 44.8 Å². The Kier molecular flexibility index (Phi) is 6.60. The molecule has 178 valence electrons. The predicted octanol–water partition coefficient (Wildman–Crippen LogP) is 3.58. The van der Waals surface area contributed by atoms with E-state index >= 15 is 0 Å². The van der Waals surface area contributed by atoms with Crippen LogP contribution in [0.15, 0.2) is 24.4 Å². The van der Waals surface area contributed by atoms with Crippen LogP contribution in [0.2, 0.25) is 5.02 Å². The number of carbonyl (C=O) groups is 1. The molecule has 5 rings (SSSR count). The van der Waals surface area contributed by atoms with Gasteiger partial charge in [0.1, 0.15) is 5.82 Å². The minimum atomic E-state index is -0.445. The number of piperidine rings is 1. The number of ether oxygens (including phenoxy) is 2. The van der Waals surface area contributed by atoms with Crippen molar-refractivity contribution in [3.63, 3.8) is 0 Å². The van der Waals surface area contributed by atoms with Crippen LogP contribution in [0, 0.1) is 5.92 Å². The van der Waals surface area contributed by atoms with E-state index in [1.54, 1.807) is 6.20 Å². The van der Waals surface area contributed by atoms with Gasteiger partial charge in [-0.2, -0.15) is 0 Å². The number of aliphatic hydroxyl groups excluding tert-OH is 1. The van der Waals surface area contributed by atoms with Crippen LogP contribution in [0.3, 0.4) is 0 Å². The zero-order valence-electron chi connectivity index (χ0n) is 19.1. The number of rotatable bonds is 4. The van der Waals surface area contributed by atoms with Crippen molar-refractivity contribution in [3.05, 3.63) is 35.0 Å². The van der Waals surface area contributed by atoms with Crippen molar-refractivity contribution in [1.29, 1.82) is 0 Å². The molecular formula is C25H32ClN3O4. The molecule has 0 unspecified atom stereocenters. The highest BCUT2D eigenvalue weighted by atomic mass is 35.5. The average molecular weight is 474 g/mol. The molecule has 3 aliphatic rings. The molecule has 1 aromatic heterocycles. The molecule has 33 heavy (non-hydrogen) atoms. The lowest BCUT2D eigenvalue weighted by Gasteiger charge is -2.43. The largest absolute Gasteiger partial charge is 0.389 e. The summed E-state index contributed by atoms with van der Waals surface area (Å²) in [4.78, 5) is 19.4. The molecule has 4 heterocycles. The molecule has 3 atom stereocenters. The Morgan fingerprint density at radius 1 is 1.18 bits per heavy atom. The molecule has 3 saturated heterocycles. The van der Waals surface area contributed by atoms with Gasteiger partial charge in [-0.05, 0) is 80.8 Å². The Morgan fingerprint density at radius 3 is 2.70 bits per heavy atom. The second-order valence-corrected chi connectivity index (χ2v) is 10.3. The highest BCUT2D eigenvalue weighted by molar-refractivity contribution is 6.32. The maximum absolute atomic E-state index is 12.6. The molecule has 3 aliphatic heterocycles. The number of benzene rings is 1. The molecular weight excluding hydrogens is 442 g/mol. The number of carbonyl (C=O) groups excluding carboxylic acids is 1. The number of hydrogen-bond acceptors (Lipinski definition) is 6. The average Bonchev–Trinajstić information content (AvgIpc) is 3.18. The van der Waals surface area contributed by atoms with E-state index in [2.05, 4.69) is 28.2 Å². The number of halogens is 1. The summed E-state index contributed by atoms with van der Waals surface area (Å²) >= 11 is 6.69. The molecule has 0 spiro atoms. The summed E-state index contributed by atoms with van der Waals surface area (Å²) in [6.07, 6.45) is 5.03. The SMILES string of the molecule is C[C@]1(N2CCC(c3cc4cc(NC(=O)[C@@H]5CCCOC5)ncc4cc3Cl)CC2)COC[C@H]1O. The number of aromatic nitrogens is 1. The highest BCUT2D eigenvalue weighted by Gasteiger charge is 2.45. The maximum atomic E-state index is 12.6. The second kappa shape index (κ2) is 9.47. The van der Waals surface area contributed by atoms with Gasteiger partial charge in [0.15, 0.2) is 0 Å². The van der Waals surface area contributed by atoms with Crippen molar-refractivity contribution in [1.82, 2.24) is 9.88 Å². The molecule has 1 amide bonds. The molecule has 0 radical (unpaired) electrons. The van der Waals surface area contributed by atoms with E-state index in [1.807, 2.05) is 12.1 Å². The zero-order chi connectivity index (χ0) is 23.0. The number of likely N-dealkylation sites (tertiary alicyclic amines) is 1. The summed E-state index contributed by atoms with van der Waals surface area (Å²) in [6.45, 7) is 6.08. The van der Waals surface area contributed by atoms with Crippen LogP contribution in [0.4, 0.5) is 5.82 Å². The van der Waals surface area contributed by atoms with E-state index < -0.39 is 6.10 Å². The summed E-state index contributed by atoms with van der Waals surface area (Å²) in [7, 11) is 0. The van der Waals surface area contributed by atoms with Crippen LogP contribution in [0.1, 0.15) is 44.1 Å². The third kappa shape index (κ3) is 4.62. The number of aliphatic hydroxyl groups is 1. The van der Waals surface area contributed by atoms with Crippen LogP contribution in [-0.2, 0) is 14.3 Å². The van der Waals surface area contributed by atoms with Crippen molar-refractivity contribution < 1.29 is 19.4 Å². The fourth-order valence-corrected chi connectivity index (χ4v) is 5.72. The summed E-state index contributed by atoms with van der Waals surface area (Å²) in [5, 5.41) is 16.1. The topological polar surface area (TPSA) is 83.9 Å². The zero-order valence-corrected chi connectivity index (χ0v) is 19.8. The number of hydrogen-bond donors (Lipinski definition) is 2. The quantitative estimate of drug-likeness (QED) is 0.706. The first-order valence-electron chi connectivity index (χ1n) is 11.9. The van der Waals surface area contributed by atoms with Gasteiger partial charge >= 0.3 is 0 Å². The van der Waals surface area contributed by atoms with Crippen molar-refractivity contribution in [2.24, 2.45) is 5.92 Å². The monoisotopic (exact) mass is 473 g/mol. The summed E-state index contributed by atoms with van der Waals surface area (Å²) in [5.41, 5.74) is 0.835. The molecule has 0 saturated carbocycles. The first-order valence-corrected chi connectivity index (χ1v) is 12.3. The Labute approximate surface area is 199 Å².